The van der Waals surface area contributed by atoms with Crippen LogP contribution in [0, 0.1) is 0 Å². The Morgan fingerprint density at radius 1 is 1.33 bits per heavy atom. The van der Waals surface area contributed by atoms with E-state index in [0.717, 1.165) is 19.3 Å². The van der Waals surface area contributed by atoms with Crippen molar-refractivity contribution < 1.29 is 19.4 Å². The van der Waals surface area contributed by atoms with Gasteiger partial charge in [0.1, 0.15) is 0 Å². The predicted molar refractivity (Wildman–Crippen MR) is 66.4 cm³/mol. The zero-order chi connectivity index (χ0) is 13.4. The predicted octanol–water partition coefficient (Wildman–Crippen LogP) is 0.0782. The van der Waals surface area contributed by atoms with E-state index in [-0.39, 0.29) is 25.0 Å². The van der Waals surface area contributed by atoms with Crippen LogP contribution in [0.3, 0.4) is 0 Å². The smallest absolute Gasteiger partial charge is 0.317 e. The summed E-state index contributed by atoms with van der Waals surface area (Å²) in [6, 6.07) is 0.166. The summed E-state index contributed by atoms with van der Waals surface area (Å²) >= 11 is 0. The topological polar surface area (TPSA) is 78.9 Å². The van der Waals surface area contributed by atoms with Gasteiger partial charge < -0.3 is 15.2 Å². The number of nitrogens with one attached hydrogen (secondary N) is 1. The van der Waals surface area contributed by atoms with E-state index in [1.165, 1.54) is 0 Å². The van der Waals surface area contributed by atoms with Gasteiger partial charge in [0.2, 0.25) is 5.91 Å². The number of carbonyl (C=O) groups is 2. The third kappa shape index (κ3) is 5.97. The SMILES string of the molecule is CCCN(CC(=O)O)CC(=O)NC1CCOCC1. The van der Waals surface area contributed by atoms with Crippen molar-refractivity contribution in [1.82, 2.24) is 10.2 Å². The van der Waals surface area contributed by atoms with Gasteiger partial charge in [-0.05, 0) is 25.8 Å². The van der Waals surface area contributed by atoms with Crippen LogP contribution in [-0.4, -0.2) is 60.8 Å². The fourth-order valence-corrected chi connectivity index (χ4v) is 2.04. The van der Waals surface area contributed by atoms with E-state index in [1.807, 2.05) is 6.92 Å². The minimum atomic E-state index is -0.901. The molecule has 6 heteroatoms. The molecule has 0 atom stereocenters. The second kappa shape index (κ2) is 8.05. The largest absolute Gasteiger partial charge is 0.480 e. The summed E-state index contributed by atoms with van der Waals surface area (Å²) in [5.41, 5.74) is 0. The first-order valence-corrected chi connectivity index (χ1v) is 6.43. The Labute approximate surface area is 107 Å². The fourth-order valence-electron chi connectivity index (χ4n) is 2.04. The van der Waals surface area contributed by atoms with E-state index in [0.29, 0.717) is 19.8 Å². The second-order valence-electron chi connectivity index (χ2n) is 4.56. The van der Waals surface area contributed by atoms with Gasteiger partial charge in [0.15, 0.2) is 0 Å². The van der Waals surface area contributed by atoms with Crippen LogP contribution in [0.5, 0.6) is 0 Å². The van der Waals surface area contributed by atoms with Gasteiger partial charge in [-0.1, -0.05) is 6.92 Å². The van der Waals surface area contributed by atoms with Gasteiger partial charge in [-0.3, -0.25) is 14.5 Å². The van der Waals surface area contributed by atoms with Crippen molar-refractivity contribution in [3.63, 3.8) is 0 Å². The Morgan fingerprint density at radius 2 is 2.00 bits per heavy atom. The molecule has 6 nitrogen and oxygen atoms in total. The minimum absolute atomic E-state index is 0.0883. The van der Waals surface area contributed by atoms with Gasteiger partial charge in [0.25, 0.3) is 0 Å². The molecule has 1 aliphatic heterocycles. The molecule has 0 aromatic carbocycles. The van der Waals surface area contributed by atoms with E-state index in [1.54, 1.807) is 4.90 Å². The van der Waals surface area contributed by atoms with Gasteiger partial charge in [-0.15, -0.1) is 0 Å². The maximum absolute atomic E-state index is 11.8. The highest BCUT2D eigenvalue weighted by atomic mass is 16.5. The molecule has 1 aliphatic rings. The normalized spacial score (nSPS) is 16.8. The monoisotopic (exact) mass is 258 g/mol. The number of carboxylic acid groups (broad SMARTS) is 1. The Hall–Kier alpha value is -1.14. The first kappa shape index (κ1) is 14.9. The average molecular weight is 258 g/mol. The first-order valence-electron chi connectivity index (χ1n) is 6.43. The summed E-state index contributed by atoms with van der Waals surface area (Å²) in [5, 5.41) is 11.7. The Bertz CT molecular complexity index is 277. The van der Waals surface area contributed by atoms with E-state index >= 15 is 0 Å². The number of rotatable bonds is 7. The molecule has 1 rings (SSSR count). The molecule has 1 heterocycles. The summed E-state index contributed by atoms with van der Waals surface area (Å²) in [5.74, 6) is -1.00. The van der Waals surface area contributed by atoms with Crippen molar-refractivity contribution in [3.8, 4) is 0 Å². The lowest BCUT2D eigenvalue weighted by Crippen LogP contribution is -2.45. The second-order valence-corrected chi connectivity index (χ2v) is 4.56. The minimum Gasteiger partial charge on any atom is -0.480 e. The van der Waals surface area contributed by atoms with Crippen molar-refractivity contribution in [1.29, 1.82) is 0 Å². The molecule has 0 aliphatic carbocycles. The number of amides is 1. The maximum Gasteiger partial charge on any atom is 0.317 e. The zero-order valence-electron chi connectivity index (χ0n) is 10.9. The molecule has 1 saturated heterocycles. The number of carboxylic acids is 1. The van der Waals surface area contributed by atoms with Crippen LogP contribution in [0.2, 0.25) is 0 Å². The standard InChI is InChI=1S/C12H22N2O4/c1-2-5-14(9-12(16)17)8-11(15)13-10-3-6-18-7-4-10/h10H,2-9H2,1H3,(H,13,15)(H,16,17). The molecular weight excluding hydrogens is 236 g/mol. The molecule has 2 N–H and O–H groups in total. The summed E-state index contributed by atoms with van der Waals surface area (Å²) in [4.78, 5) is 24.1. The van der Waals surface area contributed by atoms with Crippen molar-refractivity contribution in [2.24, 2.45) is 0 Å². The molecular formula is C12H22N2O4. The number of aliphatic carboxylic acids is 1. The van der Waals surface area contributed by atoms with Crippen LogP contribution >= 0.6 is 0 Å². The van der Waals surface area contributed by atoms with Crippen molar-refractivity contribution >= 4 is 11.9 Å². The molecule has 0 saturated carbocycles. The highest BCUT2D eigenvalue weighted by Gasteiger charge is 2.18. The Morgan fingerprint density at radius 3 is 2.56 bits per heavy atom. The number of nitrogens with zero attached hydrogens (tertiary/aromatic N) is 1. The van der Waals surface area contributed by atoms with Crippen LogP contribution in [0.25, 0.3) is 0 Å². The zero-order valence-corrected chi connectivity index (χ0v) is 10.9. The number of hydrogen-bond donors (Lipinski definition) is 2. The molecule has 0 radical (unpaired) electrons. The Balaban J connectivity index is 2.32. The van der Waals surface area contributed by atoms with E-state index in [2.05, 4.69) is 5.32 Å². The number of carbonyl (C=O) groups excluding carboxylic acids is 1. The van der Waals surface area contributed by atoms with Crippen LogP contribution in [-0.2, 0) is 14.3 Å². The lowest BCUT2D eigenvalue weighted by atomic mass is 10.1. The number of hydrogen-bond acceptors (Lipinski definition) is 4. The molecule has 1 fully saturated rings. The van der Waals surface area contributed by atoms with E-state index in [4.69, 9.17) is 9.84 Å². The highest BCUT2D eigenvalue weighted by Crippen LogP contribution is 2.06. The quantitative estimate of drug-likeness (QED) is 0.676. The van der Waals surface area contributed by atoms with E-state index < -0.39 is 5.97 Å². The molecule has 1 amide bonds. The average Bonchev–Trinajstić information content (AvgIpc) is 2.29. The number of ether oxygens (including phenoxy) is 1. The lowest BCUT2D eigenvalue weighted by Gasteiger charge is -2.25. The highest BCUT2D eigenvalue weighted by molar-refractivity contribution is 5.79. The molecule has 0 bridgehead atoms. The van der Waals surface area contributed by atoms with Crippen molar-refractivity contribution in [3.05, 3.63) is 0 Å². The Kier molecular flexibility index (Phi) is 6.67. The van der Waals surface area contributed by atoms with Crippen LogP contribution in [0.15, 0.2) is 0 Å². The molecule has 0 aromatic rings. The van der Waals surface area contributed by atoms with Crippen molar-refractivity contribution in [2.75, 3.05) is 32.8 Å². The third-order valence-electron chi connectivity index (χ3n) is 2.85. The van der Waals surface area contributed by atoms with Gasteiger partial charge >= 0.3 is 5.97 Å². The van der Waals surface area contributed by atoms with Gasteiger partial charge in [0.05, 0.1) is 13.1 Å². The summed E-state index contributed by atoms with van der Waals surface area (Å²) in [7, 11) is 0. The summed E-state index contributed by atoms with van der Waals surface area (Å²) in [6.07, 6.45) is 2.49. The van der Waals surface area contributed by atoms with Gasteiger partial charge in [0, 0.05) is 19.3 Å². The molecule has 0 aromatic heterocycles. The van der Waals surface area contributed by atoms with Crippen LogP contribution in [0.4, 0.5) is 0 Å². The van der Waals surface area contributed by atoms with Crippen molar-refractivity contribution in [2.45, 2.75) is 32.2 Å². The van der Waals surface area contributed by atoms with E-state index in [9.17, 15) is 9.59 Å². The molecule has 104 valence electrons. The molecule has 18 heavy (non-hydrogen) atoms. The summed E-state index contributed by atoms with van der Waals surface area (Å²) in [6.45, 7) is 4.00. The van der Waals surface area contributed by atoms with Crippen LogP contribution in [0.1, 0.15) is 26.2 Å². The fraction of sp³-hybridized carbons (Fsp3) is 0.833. The molecule has 0 spiro atoms. The third-order valence-corrected chi connectivity index (χ3v) is 2.85. The van der Waals surface area contributed by atoms with Crippen LogP contribution < -0.4 is 5.32 Å². The molecule has 0 unspecified atom stereocenters. The maximum atomic E-state index is 11.8. The van der Waals surface area contributed by atoms with Gasteiger partial charge in [-0.25, -0.2) is 0 Å². The lowest BCUT2D eigenvalue weighted by molar-refractivity contribution is -0.138. The first-order chi connectivity index (χ1) is 8.61. The summed E-state index contributed by atoms with van der Waals surface area (Å²) < 4.78 is 5.21. The van der Waals surface area contributed by atoms with Gasteiger partial charge in [-0.2, -0.15) is 0 Å².